The van der Waals surface area contributed by atoms with Gasteiger partial charge in [0.2, 0.25) is 0 Å². The van der Waals surface area contributed by atoms with Crippen LogP contribution in [0.25, 0.3) is 16.8 Å². The molecule has 2 amide bonds. The SMILES string of the molecule is Cc1ccc(C(C)C)c(OCCN2C(=O)S/C(=C\c3cccc4ccccc34)C2=O)c1. The number of hydrogen-bond acceptors (Lipinski definition) is 4. The third kappa shape index (κ3) is 4.52. The Morgan fingerprint density at radius 3 is 2.61 bits per heavy atom. The van der Waals surface area contributed by atoms with Gasteiger partial charge >= 0.3 is 0 Å². The fourth-order valence-corrected chi connectivity index (χ4v) is 4.56. The Hall–Kier alpha value is -3.05. The van der Waals surface area contributed by atoms with Gasteiger partial charge in [-0.2, -0.15) is 0 Å². The Kier molecular flexibility index (Phi) is 6.14. The number of rotatable bonds is 6. The van der Waals surface area contributed by atoms with Crippen LogP contribution < -0.4 is 4.74 Å². The Bertz CT molecular complexity index is 1180. The zero-order valence-electron chi connectivity index (χ0n) is 17.9. The smallest absolute Gasteiger partial charge is 0.293 e. The molecule has 4 nitrogen and oxygen atoms in total. The fraction of sp³-hybridized carbons (Fsp3) is 0.231. The first-order valence-electron chi connectivity index (χ1n) is 10.4. The average Bonchev–Trinajstić information content (AvgIpc) is 3.01. The normalized spacial score (nSPS) is 15.5. The number of carbonyl (C=O) groups excluding carboxylic acids is 2. The molecule has 3 aromatic rings. The van der Waals surface area contributed by atoms with Gasteiger partial charge in [0, 0.05) is 0 Å². The lowest BCUT2D eigenvalue weighted by Gasteiger charge is -2.17. The van der Waals surface area contributed by atoms with E-state index in [0.29, 0.717) is 10.8 Å². The summed E-state index contributed by atoms with van der Waals surface area (Å²) in [5.41, 5.74) is 3.17. The largest absolute Gasteiger partial charge is 0.491 e. The highest BCUT2D eigenvalue weighted by Crippen LogP contribution is 2.34. The number of benzene rings is 3. The molecule has 0 atom stereocenters. The van der Waals surface area contributed by atoms with Crippen LogP contribution in [0, 0.1) is 6.92 Å². The maximum atomic E-state index is 12.9. The maximum absolute atomic E-state index is 12.9. The van der Waals surface area contributed by atoms with Crippen molar-refractivity contribution in [2.24, 2.45) is 0 Å². The van der Waals surface area contributed by atoms with Crippen molar-refractivity contribution in [3.8, 4) is 5.75 Å². The van der Waals surface area contributed by atoms with Crippen LogP contribution in [-0.2, 0) is 4.79 Å². The van der Waals surface area contributed by atoms with Gasteiger partial charge in [0.15, 0.2) is 0 Å². The van der Waals surface area contributed by atoms with Crippen molar-refractivity contribution < 1.29 is 14.3 Å². The van der Waals surface area contributed by atoms with Crippen LogP contribution in [0.1, 0.15) is 36.5 Å². The molecule has 0 aliphatic carbocycles. The van der Waals surface area contributed by atoms with E-state index in [1.54, 1.807) is 0 Å². The Balaban J connectivity index is 1.48. The third-order valence-corrected chi connectivity index (χ3v) is 6.25. The Morgan fingerprint density at radius 1 is 1.03 bits per heavy atom. The van der Waals surface area contributed by atoms with E-state index < -0.39 is 0 Å². The molecule has 0 N–H and O–H groups in total. The number of carbonyl (C=O) groups is 2. The molecule has 158 valence electrons. The van der Waals surface area contributed by atoms with Crippen LogP contribution in [-0.4, -0.2) is 29.2 Å². The molecule has 0 saturated carbocycles. The van der Waals surface area contributed by atoms with E-state index >= 15 is 0 Å². The van der Waals surface area contributed by atoms with Crippen molar-refractivity contribution in [3.63, 3.8) is 0 Å². The summed E-state index contributed by atoms with van der Waals surface area (Å²) in [6, 6.07) is 20.1. The van der Waals surface area contributed by atoms with Crippen LogP contribution in [0.5, 0.6) is 5.75 Å². The van der Waals surface area contributed by atoms with Crippen LogP contribution in [0.2, 0.25) is 0 Å². The summed E-state index contributed by atoms with van der Waals surface area (Å²) < 4.78 is 5.97. The number of hydrogen-bond donors (Lipinski definition) is 0. The van der Waals surface area contributed by atoms with Crippen molar-refractivity contribution >= 4 is 39.8 Å². The predicted molar refractivity (Wildman–Crippen MR) is 127 cm³/mol. The first kappa shape index (κ1) is 21.2. The number of thioether (sulfide) groups is 1. The van der Waals surface area contributed by atoms with Crippen LogP contribution in [0.4, 0.5) is 4.79 Å². The van der Waals surface area contributed by atoms with E-state index in [1.165, 1.54) is 4.90 Å². The summed E-state index contributed by atoms with van der Waals surface area (Å²) in [5, 5.41) is 1.90. The van der Waals surface area contributed by atoms with Crippen molar-refractivity contribution in [3.05, 3.63) is 82.3 Å². The van der Waals surface area contributed by atoms with E-state index in [-0.39, 0.29) is 24.3 Å². The quantitative estimate of drug-likeness (QED) is 0.425. The molecule has 1 fully saturated rings. The molecule has 1 saturated heterocycles. The first-order chi connectivity index (χ1) is 14.9. The molecule has 0 unspecified atom stereocenters. The Labute approximate surface area is 186 Å². The maximum Gasteiger partial charge on any atom is 0.293 e. The number of imide groups is 1. The lowest BCUT2D eigenvalue weighted by Crippen LogP contribution is -2.32. The molecular formula is C26H25NO3S. The lowest BCUT2D eigenvalue weighted by atomic mass is 10.0. The summed E-state index contributed by atoms with van der Waals surface area (Å²) in [6.45, 7) is 6.75. The molecule has 0 aromatic heterocycles. The molecule has 0 bridgehead atoms. The monoisotopic (exact) mass is 431 g/mol. The van der Waals surface area contributed by atoms with Crippen molar-refractivity contribution in [1.82, 2.24) is 4.90 Å². The highest BCUT2D eigenvalue weighted by Gasteiger charge is 2.34. The van der Waals surface area contributed by atoms with Gasteiger partial charge in [-0.25, -0.2) is 0 Å². The van der Waals surface area contributed by atoms with Gasteiger partial charge in [-0.3, -0.25) is 14.5 Å². The molecule has 1 aliphatic rings. The summed E-state index contributed by atoms with van der Waals surface area (Å²) in [7, 11) is 0. The lowest BCUT2D eigenvalue weighted by molar-refractivity contribution is -0.123. The molecule has 4 rings (SSSR count). The van der Waals surface area contributed by atoms with Gasteiger partial charge < -0.3 is 4.74 Å². The highest BCUT2D eigenvalue weighted by molar-refractivity contribution is 8.18. The minimum absolute atomic E-state index is 0.225. The van der Waals surface area contributed by atoms with Crippen LogP contribution in [0.15, 0.2) is 65.6 Å². The Morgan fingerprint density at radius 2 is 1.81 bits per heavy atom. The molecule has 0 spiro atoms. The molecule has 1 aliphatic heterocycles. The predicted octanol–water partition coefficient (Wildman–Crippen LogP) is 6.39. The van der Waals surface area contributed by atoms with E-state index in [9.17, 15) is 9.59 Å². The van der Waals surface area contributed by atoms with E-state index in [1.807, 2.05) is 61.5 Å². The molecular weight excluding hydrogens is 406 g/mol. The second-order valence-electron chi connectivity index (χ2n) is 7.95. The number of amides is 2. The zero-order valence-corrected chi connectivity index (χ0v) is 18.7. The second-order valence-corrected chi connectivity index (χ2v) is 8.94. The number of ether oxygens (including phenoxy) is 1. The first-order valence-corrected chi connectivity index (χ1v) is 11.2. The highest BCUT2D eigenvalue weighted by atomic mass is 32.2. The van der Waals surface area contributed by atoms with Gasteiger partial charge in [0.25, 0.3) is 11.1 Å². The number of nitrogens with zero attached hydrogens (tertiary/aromatic N) is 1. The standard InChI is InChI=1S/C26H25NO3S/c1-17(2)21-12-11-18(3)15-23(21)30-14-13-27-25(28)24(31-26(27)29)16-20-9-6-8-19-7-4-5-10-22(19)20/h4-12,15-17H,13-14H2,1-3H3/b24-16-. The van der Waals surface area contributed by atoms with E-state index in [4.69, 9.17) is 4.74 Å². The molecule has 1 heterocycles. The average molecular weight is 432 g/mol. The molecule has 3 aromatic carbocycles. The number of aryl methyl sites for hydroxylation is 1. The fourth-order valence-electron chi connectivity index (χ4n) is 3.70. The van der Waals surface area contributed by atoms with Gasteiger partial charge in [-0.05, 0) is 64.2 Å². The van der Waals surface area contributed by atoms with Crippen molar-refractivity contribution in [2.45, 2.75) is 26.7 Å². The minimum atomic E-state index is -0.264. The molecule has 5 heteroatoms. The topological polar surface area (TPSA) is 46.6 Å². The third-order valence-electron chi connectivity index (χ3n) is 5.35. The zero-order chi connectivity index (χ0) is 22.0. The van der Waals surface area contributed by atoms with E-state index in [0.717, 1.165) is 45.0 Å². The van der Waals surface area contributed by atoms with Gasteiger partial charge in [0.05, 0.1) is 11.4 Å². The van der Waals surface area contributed by atoms with Crippen LogP contribution in [0.3, 0.4) is 0 Å². The molecule has 31 heavy (non-hydrogen) atoms. The van der Waals surface area contributed by atoms with Gasteiger partial charge in [-0.15, -0.1) is 0 Å². The summed E-state index contributed by atoms with van der Waals surface area (Å²) in [5.74, 6) is 0.879. The summed E-state index contributed by atoms with van der Waals surface area (Å²) >= 11 is 0.985. The summed E-state index contributed by atoms with van der Waals surface area (Å²) in [6.07, 6.45) is 1.81. The van der Waals surface area contributed by atoms with Gasteiger partial charge in [-0.1, -0.05) is 68.4 Å². The molecule has 0 radical (unpaired) electrons. The van der Waals surface area contributed by atoms with Crippen molar-refractivity contribution in [1.29, 1.82) is 0 Å². The van der Waals surface area contributed by atoms with Gasteiger partial charge in [0.1, 0.15) is 12.4 Å². The van der Waals surface area contributed by atoms with Crippen molar-refractivity contribution in [2.75, 3.05) is 13.2 Å². The minimum Gasteiger partial charge on any atom is -0.491 e. The van der Waals surface area contributed by atoms with Crippen LogP contribution >= 0.6 is 11.8 Å². The number of fused-ring (bicyclic) bond motifs is 1. The summed E-state index contributed by atoms with van der Waals surface area (Å²) in [4.78, 5) is 27.1. The van der Waals surface area contributed by atoms with E-state index in [2.05, 4.69) is 26.0 Å². The second kappa shape index (κ2) is 8.98.